The molecule has 30 heavy (non-hydrogen) atoms. The van der Waals surface area contributed by atoms with Crippen molar-refractivity contribution in [3.8, 4) is 0 Å². The minimum absolute atomic E-state index is 0.160. The Hall–Kier alpha value is -2.32. The lowest BCUT2D eigenvalue weighted by Gasteiger charge is -2.39. The Morgan fingerprint density at radius 3 is 2.67 bits per heavy atom. The maximum Gasteiger partial charge on any atom is 0.267 e. The molecule has 0 radical (unpaired) electrons. The van der Waals surface area contributed by atoms with Crippen molar-refractivity contribution in [1.82, 2.24) is 20.1 Å². The molecule has 3 aliphatic heterocycles. The summed E-state index contributed by atoms with van der Waals surface area (Å²) in [6, 6.07) is 10.2. The highest BCUT2D eigenvalue weighted by atomic mass is 19.3. The molecule has 1 amide bonds. The van der Waals surface area contributed by atoms with Gasteiger partial charge >= 0.3 is 0 Å². The zero-order valence-corrected chi connectivity index (χ0v) is 16.9. The van der Waals surface area contributed by atoms with Gasteiger partial charge in [0.15, 0.2) is 0 Å². The van der Waals surface area contributed by atoms with E-state index in [2.05, 4.69) is 32.2 Å². The average Bonchev–Trinajstić information content (AvgIpc) is 3.40. The number of likely N-dealkylation sites (tertiary alicyclic amines) is 1. The van der Waals surface area contributed by atoms with Gasteiger partial charge in [-0.15, -0.1) is 0 Å². The Kier molecular flexibility index (Phi) is 5.06. The molecule has 2 aromatic rings. The predicted molar refractivity (Wildman–Crippen MR) is 112 cm³/mol. The van der Waals surface area contributed by atoms with Crippen LogP contribution in [0.2, 0.25) is 0 Å². The number of pyridine rings is 1. The second-order valence-electron chi connectivity index (χ2n) is 8.59. The van der Waals surface area contributed by atoms with E-state index in [0.717, 1.165) is 38.2 Å². The molecular weight excluding hydrogens is 388 g/mol. The monoisotopic (exact) mass is 415 g/mol. The topological polar surface area (TPSA) is 51.7 Å². The SMILES string of the molecule is O=C([C@@H]1C[C@H](N2CCN(c3ccnc4ccccc34)CC2)CN1)N1CCC(F)(F)C1. The Morgan fingerprint density at radius 1 is 1.10 bits per heavy atom. The summed E-state index contributed by atoms with van der Waals surface area (Å²) in [5.74, 6) is -2.90. The van der Waals surface area contributed by atoms with E-state index in [1.54, 1.807) is 0 Å². The molecule has 3 saturated heterocycles. The molecular formula is C22H27F2N5O. The fraction of sp³-hybridized carbons (Fsp3) is 0.545. The van der Waals surface area contributed by atoms with Crippen molar-refractivity contribution in [3.05, 3.63) is 36.5 Å². The number of piperazine rings is 1. The fourth-order valence-electron chi connectivity index (χ4n) is 5.01. The van der Waals surface area contributed by atoms with E-state index < -0.39 is 12.5 Å². The van der Waals surface area contributed by atoms with Crippen molar-refractivity contribution in [2.75, 3.05) is 50.7 Å². The van der Waals surface area contributed by atoms with Crippen LogP contribution in [0.3, 0.4) is 0 Å². The number of amides is 1. The molecule has 0 unspecified atom stereocenters. The van der Waals surface area contributed by atoms with E-state index in [9.17, 15) is 13.6 Å². The second-order valence-corrected chi connectivity index (χ2v) is 8.59. The quantitative estimate of drug-likeness (QED) is 0.831. The molecule has 160 valence electrons. The zero-order valence-electron chi connectivity index (χ0n) is 16.9. The molecule has 4 heterocycles. The molecule has 2 atom stereocenters. The number of carbonyl (C=O) groups excluding carboxylic acids is 1. The van der Waals surface area contributed by atoms with Crippen LogP contribution in [-0.4, -0.2) is 84.5 Å². The predicted octanol–water partition coefficient (Wildman–Crippen LogP) is 1.95. The molecule has 1 aromatic carbocycles. The Morgan fingerprint density at radius 2 is 1.90 bits per heavy atom. The summed E-state index contributed by atoms with van der Waals surface area (Å²) in [6.45, 7) is 4.14. The average molecular weight is 415 g/mol. The van der Waals surface area contributed by atoms with Crippen LogP contribution in [0.4, 0.5) is 14.5 Å². The lowest BCUT2D eigenvalue weighted by atomic mass is 10.1. The van der Waals surface area contributed by atoms with Crippen molar-refractivity contribution in [1.29, 1.82) is 0 Å². The Labute approximate surface area is 174 Å². The van der Waals surface area contributed by atoms with E-state index in [-0.39, 0.29) is 31.0 Å². The molecule has 1 N–H and O–H groups in total. The van der Waals surface area contributed by atoms with Gasteiger partial charge in [0.2, 0.25) is 5.91 Å². The number of para-hydroxylation sites is 1. The van der Waals surface area contributed by atoms with Crippen LogP contribution in [0, 0.1) is 0 Å². The maximum atomic E-state index is 13.5. The van der Waals surface area contributed by atoms with Crippen molar-refractivity contribution in [2.24, 2.45) is 0 Å². The highest BCUT2D eigenvalue weighted by Gasteiger charge is 2.43. The molecule has 1 aromatic heterocycles. The third-order valence-electron chi connectivity index (χ3n) is 6.68. The smallest absolute Gasteiger partial charge is 0.267 e. The van der Waals surface area contributed by atoms with Crippen molar-refractivity contribution < 1.29 is 13.6 Å². The first kappa shape index (κ1) is 19.6. The van der Waals surface area contributed by atoms with Crippen molar-refractivity contribution >= 4 is 22.5 Å². The summed E-state index contributed by atoms with van der Waals surface area (Å²) in [6.07, 6.45) is 2.34. The number of carbonyl (C=O) groups is 1. The van der Waals surface area contributed by atoms with Crippen molar-refractivity contribution in [3.63, 3.8) is 0 Å². The highest BCUT2D eigenvalue weighted by molar-refractivity contribution is 5.91. The minimum atomic E-state index is -2.73. The van der Waals surface area contributed by atoms with Gasteiger partial charge in [0.05, 0.1) is 18.1 Å². The first-order chi connectivity index (χ1) is 14.5. The summed E-state index contributed by atoms with van der Waals surface area (Å²) in [7, 11) is 0. The normalized spacial score (nSPS) is 27.1. The second kappa shape index (κ2) is 7.74. The molecule has 0 spiro atoms. The lowest BCUT2D eigenvalue weighted by molar-refractivity contribution is -0.133. The number of rotatable bonds is 3. The van der Waals surface area contributed by atoms with E-state index in [1.807, 2.05) is 24.4 Å². The number of alkyl halides is 2. The number of aromatic nitrogens is 1. The van der Waals surface area contributed by atoms with Crippen LogP contribution in [-0.2, 0) is 4.79 Å². The Balaban J connectivity index is 1.18. The lowest BCUT2D eigenvalue weighted by Crippen LogP contribution is -2.51. The van der Waals surface area contributed by atoms with Gasteiger partial charge in [0.25, 0.3) is 5.92 Å². The zero-order chi connectivity index (χ0) is 20.7. The van der Waals surface area contributed by atoms with Gasteiger partial charge in [-0.25, -0.2) is 8.78 Å². The maximum absolute atomic E-state index is 13.5. The summed E-state index contributed by atoms with van der Waals surface area (Å²) in [5.41, 5.74) is 2.22. The van der Waals surface area contributed by atoms with Crippen LogP contribution in [0.25, 0.3) is 10.9 Å². The van der Waals surface area contributed by atoms with Gasteiger partial charge < -0.3 is 15.1 Å². The Bertz CT molecular complexity index is 925. The van der Waals surface area contributed by atoms with E-state index >= 15 is 0 Å². The van der Waals surface area contributed by atoms with Crippen LogP contribution < -0.4 is 10.2 Å². The summed E-state index contributed by atoms with van der Waals surface area (Å²) < 4.78 is 26.9. The standard InChI is InChI=1S/C22H27F2N5O/c23-22(24)6-8-29(15-22)21(30)19-13-16(14-26-19)27-9-11-28(12-10-27)20-5-7-25-18-4-2-1-3-17(18)20/h1-5,7,16,19,26H,6,8-15H2/t16-,19-/m0/s1. The van der Waals surface area contributed by atoms with Gasteiger partial charge in [-0.3, -0.25) is 14.7 Å². The van der Waals surface area contributed by atoms with E-state index in [0.29, 0.717) is 6.42 Å². The third-order valence-corrected chi connectivity index (χ3v) is 6.68. The molecule has 5 rings (SSSR count). The highest BCUT2D eigenvalue weighted by Crippen LogP contribution is 2.29. The fourth-order valence-corrected chi connectivity index (χ4v) is 5.01. The first-order valence-electron chi connectivity index (χ1n) is 10.7. The van der Waals surface area contributed by atoms with Gasteiger partial charge in [-0.1, -0.05) is 18.2 Å². The van der Waals surface area contributed by atoms with Gasteiger partial charge in [-0.2, -0.15) is 0 Å². The van der Waals surface area contributed by atoms with Crippen LogP contribution in [0.1, 0.15) is 12.8 Å². The van der Waals surface area contributed by atoms with Gasteiger partial charge in [0, 0.05) is 69.0 Å². The molecule has 0 aliphatic carbocycles. The number of benzene rings is 1. The van der Waals surface area contributed by atoms with Crippen LogP contribution in [0.15, 0.2) is 36.5 Å². The summed E-state index contributed by atoms with van der Waals surface area (Å²) in [5, 5.41) is 4.45. The molecule has 6 nitrogen and oxygen atoms in total. The number of hydrogen-bond acceptors (Lipinski definition) is 5. The molecule has 8 heteroatoms. The third kappa shape index (κ3) is 3.74. The molecule has 0 bridgehead atoms. The van der Waals surface area contributed by atoms with Crippen LogP contribution >= 0.6 is 0 Å². The molecule has 0 saturated carbocycles. The molecule has 3 aliphatic rings. The van der Waals surface area contributed by atoms with Crippen molar-refractivity contribution in [2.45, 2.75) is 30.8 Å². The minimum Gasteiger partial charge on any atom is -0.368 e. The number of nitrogens with zero attached hydrogens (tertiary/aromatic N) is 4. The first-order valence-corrected chi connectivity index (χ1v) is 10.7. The van der Waals surface area contributed by atoms with E-state index in [1.165, 1.54) is 16.0 Å². The van der Waals surface area contributed by atoms with Crippen LogP contribution in [0.5, 0.6) is 0 Å². The number of nitrogens with one attached hydrogen (secondary N) is 1. The molecule has 3 fully saturated rings. The van der Waals surface area contributed by atoms with Gasteiger partial charge in [-0.05, 0) is 18.6 Å². The van der Waals surface area contributed by atoms with Gasteiger partial charge in [0.1, 0.15) is 0 Å². The number of fused-ring (bicyclic) bond motifs is 1. The number of hydrogen-bond donors (Lipinski definition) is 1. The largest absolute Gasteiger partial charge is 0.368 e. The number of halogens is 2. The van der Waals surface area contributed by atoms with E-state index in [4.69, 9.17) is 0 Å². The summed E-state index contributed by atoms with van der Waals surface area (Å²) in [4.78, 5) is 23.2. The summed E-state index contributed by atoms with van der Waals surface area (Å²) >= 11 is 0. The number of anilines is 1.